The molecule has 1 heterocycles. The van der Waals surface area contributed by atoms with Crippen LogP contribution in [-0.2, 0) is 10.8 Å². The van der Waals surface area contributed by atoms with Crippen molar-refractivity contribution in [3.05, 3.63) is 29.8 Å². The van der Waals surface area contributed by atoms with Crippen LogP contribution in [0.4, 0.5) is 0 Å². The molecule has 2 unspecified atom stereocenters. The van der Waals surface area contributed by atoms with Crippen molar-refractivity contribution in [3.63, 3.8) is 0 Å². The molecule has 0 aromatic heterocycles. The van der Waals surface area contributed by atoms with Gasteiger partial charge in [-0.15, -0.1) is 0 Å². The highest BCUT2D eigenvalue weighted by Gasteiger charge is 2.19. The molecule has 1 aliphatic heterocycles. The maximum Gasteiger partial charge on any atom is 0.119 e. The Hall–Kier alpha value is -0.870. The maximum absolute atomic E-state index is 11.5. The Morgan fingerprint density at radius 1 is 1.41 bits per heavy atom. The lowest BCUT2D eigenvalue weighted by Crippen LogP contribution is -2.36. The first-order chi connectivity index (χ1) is 8.29. The van der Waals surface area contributed by atoms with Gasteiger partial charge in [-0.25, -0.2) is 0 Å². The van der Waals surface area contributed by atoms with Gasteiger partial charge in [-0.3, -0.25) is 4.21 Å². The third-order valence-corrected chi connectivity index (χ3v) is 4.19. The zero-order valence-corrected chi connectivity index (χ0v) is 11.0. The Kier molecular flexibility index (Phi) is 4.57. The molecule has 2 rings (SSSR count). The molecule has 1 N–H and O–H groups in total. The van der Waals surface area contributed by atoms with E-state index < -0.39 is 10.8 Å². The summed E-state index contributed by atoms with van der Waals surface area (Å²) in [4.78, 5) is 0. The monoisotopic (exact) mass is 253 g/mol. The van der Waals surface area contributed by atoms with E-state index in [0.717, 1.165) is 36.8 Å². The number of hydrogen-bond acceptors (Lipinski definition) is 3. The van der Waals surface area contributed by atoms with Crippen molar-refractivity contribution in [2.45, 2.75) is 19.4 Å². The molecular weight excluding hydrogens is 234 g/mol. The van der Waals surface area contributed by atoms with Crippen molar-refractivity contribution < 1.29 is 8.95 Å². The van der Waals surface area contributed by atoms with Crippen LogP contribution in [0.3, 0.4) is 0 Å². The maximum atomic E-state index is 11.5. The smallest absolute Gasteiger partial charge is 0.119 e. The van der Waals surface area contributed by atoms with Crippen LogP contribution in [0.5, 0.6) is 5.75 Å². The SMILES string of the molecule is CCCOc1ccc(C2CS(=O)CCN2)cc1. The predicted molar refractivity (Wildman–Crippen MR) is 70.8 cm³/mol. The van der Waals surface area contributed by atoms with Crippen LogP contribution in [-0.4, -0.2) is 28.9 Å². The van der Waals surface area contributed by atoms with Gasteiger partial charge in [-0.1, -0.05) is 19.1 Å². The first kappa shape index (κ1) is 12.6. The second-order valence-corrected chi connectivity index (χ2v) is 5.86. The highest BCUT2D eigenvalue weighted by Crippen LogP contribution is 2.20. The quantitative estimate of drug-likeness (QED) is 0.890. The summed E-state index contributed by atoms with van der Waals surface area (Å²) in [5.74, 6) is 2.40. The van der Waals surface area contributed by atoms with Gasteiger partial charge in [0.2, 0.25) is 0 Å². The molecule has 4 heteroatoms. The van der Waals surface area contributed by atoms with Gasteiger partial charge in [0.05, 0.1) is 6.61 Å². The second kappa shape index (κ2) is 6.17. The minimum atomic E-state index is -0.675. The zero-order chi connectivity index (χ0) is 12.1. The highest BCUT2D eigenvalue weighted by molar-refractivity contribution is 7.85. The number of ether oxygens (including phenoxy) is 1. The minimum absolute atomic E-state index is 0.227. The molecular formula is C13H19NO2S. The van der Waals surface area contributed by atoms with Crippen molar-refractivity contribution in [1.82, 2.24) is 5.32 Å². The molecule has 0 spiro atoms. The summed E-state index contributed by atoms with van der Waals surface area (Å²) >= 11 is 0. The molecule has 1 fully saturated rings. The molecule has 0 aliphatic carbocycles. The Bertz CT molecular complexity index is 378. The van der Waals surface area contributed by atoms with Crippen LogP contribution in [0, 0.1) is 0 Å². The minimum Gasteiger partial charge on any atom is -0.494 e. The largest absolute Gasteiger partial charge is 0.494 e. The lowest BCUT2D eigenvalue weighted by atomic mass is 10.1. The van der Waals surface area contributed by atoms with Crippen molar-refractivity contribution in [1.29, 1.82) is 0 Å². The third-order valence-electron chi connectivity index (χ3n) is 2.83. The van der Waals surface area contributed by atoms with Crippen LogP contribution in [0.2, 0.25) is 0 Å². The number of rotatable bonds is 4. The molecule has 0 radical (unpaired) electrons. The van der Waals surface area contributed by atoms with E-state index in [1.807, 2.05) is 12.1 Å². The summed E-state index contributed by atoms with van der Waals surface area (Å²) in [6.45, 7) is 3.69. The van der Waals surface area contributed by atoms with Gasteiger partial charge in [0.15, 0.2) is 0 Å². The molecule has 0 amide bonds. The molecule has 0 bridgehead atoms. The molecule has 3 nitrogen and oxygen atoms in total. The van der Waals surface area contributed by atoms with Gasteiger partial charge in [0, 0.05) is 34.9 Å². The summed E-state index contributed by atoms with van der Waals surface area (Å²) in [6, 6.07) is 8.33. The molecule has 1 aliphatic rings. The third kappa shape index (κ3) is 3.54. The summed E-state index contributed by atoms with van der Waals surface area (Å²) in [6.07, 6.45) is 1.02. The lowest BCUT2D eigenvalue weighted by Gasteiger charge is -2.23. The van der Waals surface area contributed by atoms with Gasteiger partial charge in [0.1, 0.15) is 5.75 Å². The van der Waals surface area contributed by atoms with Crippen LogP contribution in [0.15, 0.2) is 24.3 Å². The summed E-state index contributed by atoms with van der Waals surface area (Å²) in [5.41, 5.74) is 1.20. The van der Waals surface area contributed by atoms with E-state index in [1.54, 1.807) is 0 Å². The van der Waals surface area contributed by atoms with Gasteiger partial charge >= 0.3 is 0 Å². The predicted octanol–water partition coefficient (Wildman–Crippen LogP) is 1.87. The Balaban J connectivity index is 1.99. The van der Waals surface area contributed by atoms with Crippen molar-refractivity contribution in [2.75, 3.05) is 24.7 Å². The van der Waals surface area contributed by atoms with Crippen molar-refractivity contribution >= 4 is 10.8 Å². The van der Waals surface area contributed by atoms with Crippen LogP contribution >= 0.6 is 0 Å². The molecule has 1 aromatic rings. The number of benzene rings is 1. The topological polar surface area (TPSA) is 38.3 Å². The normalized spacial score (nSPS) is 24.5. The molecule has 94 valence electrons. The summed E-state index contributed by atoms with van der Waals surface area (Å²) in [7, 11) is -0.675. The van der Waals surface area contributed by atoms with Crippen LogP contribution in [0.1, 0.15) is 24.9 Å². The van der Waals surface area contributed by atoms with Gasteiger partial charge in [-0.2, -0.15) is 0 Å². The zero-order valence-electron chi connectivity index (χ0n) is 10.1. The van der Waals surface area contributed by atoms with E-state index in [0.29, 0.717) is 0 Å². The fourth-order valence-electron chi connectivity index (χ4n) is 1.91. The average molecular weight is 253 g/mol. The fourth-order valence-corrected chi connectivity index (χ4v) is 3.10. The summed E-state index contributed by atoms with van der Waals surface area (Å²) < 4.78 is 17.0. The van der Waals surface area contributed by atoms with E-state index in [1.165, 1.54) is 5.56 Å². The second-order valence-electron chi connectivity index (χ2n) is 4.23. The molecule has 1 saturated heterocycles. The summed E-state index contributed by atoms with van der Waals surface area (Å²) in [5, 5.41) is 3.39. The Labute approximate surface area is 105 Å². The highest BCUT2D eigenvalue weighted by atomic mass is 32.2. The molecule has 0 saturated carbocycles. The van der Waals surface area contributed by atoms with Gasteiger partial charge in [0.25, 0.3) is 0 Å². The Morgan fingerprint density at radius 3 is 2.82 bits per heavy atom. The average Bonchev–Trinajstić information content (AvgIpc) is 2.37. The fraction of sp³-hybridized carbons (Fsp3) is 0.538. The van der Waals surface area contributed by atoms with E-state index in [-0.39, 0.29) is 6.04 Å². The van der Waals surface area contributed by atoms with Crippen LogP contribution < -0.4 is 10.1 Å². The van der Waals surface area contributed by atoms with E-state index in [9.17, 15) is 4.21 Å². The standard InChI is InChI=1S/C13H19NO2S/c1-2-8-16-12-5-3-11(4-6-12)13-10-17(15)9-7-14-13/h3-6,13-14H,2,7-10H2,1H3. The van der Waals surface area contributed by atoms with Gasteiger partial charge < -0.3 is 10.1 Å². The van der Waals surface area contributed by atoms with Gasteiger partial charge in [-0.05, 0) is 24.1 Å². The number of hydrogen-bond donors (Lipinski definition) is 1. The van der Waals surface area contributed by atoms with E-state index >= 15 is 0 Å². The van der Waals surface area contributed by atoms with Crippen molar-refractivity contribution in [3.8, 4) is 5.75 Å². The van der Waals surface area contributed by atoms with E-state index in [2.05, 4.69) is 24.4 Å². The van der Waals surface area contributed by atoms with Crippen LogP contribution in [0.25, 0.3) is 0 Å². The first-order valence-corrected chi connectivity index (χ1v) is 7.59. The molecule has 1 aromatic carbocycles. The molecule has 17 heavy (non-hydrogen) atoms. The van der Waals surface area contributed by atoms with E-state index in [4.69, 9.17) is 4.74 Å². The molecule has 2 atom stereocenters. The lowest BCUT2D eigenvalue weighted by molar-refractivity contribution is 0.317. The Morgan fingerprint density at radius 2 is 2.18 bits per heavy atom. The van der Waals surface area contributed by atoms with Crippen molar-refractivity contribution in [2.24, 2.45) is 0 Å². The number of nitrogens with one attached hydrogen (secondary N) is 1. The first-order valence-electron chi connectivity index (χ1n) is 6.10.